The first kappa shape index (κ1) is 15.7. The third-order valence-corrected chi connectivity index (χ3v) is 3.27. The van der Waals surface area contributed by atoms with Gasteiger partial charge in [0.25, 0.3) is 5.56 Å². The van der Waals surface area contributed by atoms with E-state index in [4.69, 9.17) is 0 Å². The van der Waals surface area contributed by atoms with Crippen molar-refractivity contribution >= 4 is 31.9 Å². The van der Waals surface area contributed by atoms with Gasteiger partial charge in [-0.3, -0.25) is 4.79 Å². The Morgan fingerprint density at radius 2 is 2.06 bits per heavy atom. The Bertz CT molecular complexity index is 501. The van der Waals surface area contributed by atoms with Crippen LogP contribution in [0.1, 0.15) is 20.8 Å². The number of aromatic nitrogens is 1. The molecular formula is C13H18Br2N2O. The van der Waals surface area contributed by atoms with Gasteiger partial charge >= 0.3 is 0 Å². The van der Waals surface area contributed by atoms with Gasteiger partial charge in [-0.1, -0.05) is 6.58 Å². The van der Waals surface area contributed by atoms with Crippen LogP contribution in [0.25, 0.3) is 0 Å². The molecule has 1 N–H and O–H groups in total. The quantitative estimate of drug-likeness (QED) is 0.816. The molecule has 100 valence electrons. The van der Waals surface area contributed by atoms with E-state index in [1.165, 1.54) is 0 Å². The van der Waals surface area contributed by atoms with Crippen molar-refractivity contribution in [3.8, 4) is 0 Å². The van der Waals surface area contributed by atoms with Crippen molar-refractivity contribution in [1.82, 2.24) is 9.88 Å². The fourth-order valence-corrected chi connectivity index (χ4v) is 2.63. The molecule has 1 aromatic rings. The summed E-state index contributed by atoms with van der Waals surface area (Å²) in [7, 11) is 0. The van der Waals surface area contributed by atoms with Crippen molar-refractivity contribution in [3.05, 3.63) is 43.7 Å². The second-order valence-corrected chi connectivity index (χ2v) is 7.06. The fourth-order valence-electron chi connectivity index (χ4n) is 1.37. The Hall–Kier alpha value is -0.390. The number of pyridine rings is 1. The van der Waals surface area contributed by atoms with E-state index in [-0.39, 0.29) is 11.1 Å². The summed E-state index contributed by atoms with van der Waals surface area (Å²) in [5.41, 5.74) is 0.971. The molecule has 1 rings (SSSR count). The van der Waals surface area contributed by atoms with Crippen LogP contribution in [-0.4, -0.2) is 16.7 Å². The SMILES string of the molecule is C=C(CNC(C)(C)C)Cn1cc(Br)cc(Br)c1=O. The molecule has 0 atom stereocenters. The number of halogens is 2. The average Bonchev–Trinajstić information content (AvgIpc) is 2.21. The maximum atomic E-state index is 11.9. The normalized spacial score (nSPS) is 11.6. The van der Waals surface area contributed by atoms with Gasteiger partial charge < -0.3 is 9.88 Å². The van der Waals surface area contributed by atoms with Crippen LogP contribution in [0.2, 0.25) is 0 Å². The van der Waals surface area contributed by atoms with Gasteiger partial charge in [0.15, 0.2) is 0 Å². The molecule has 1 heterocycles. The molecule has 0 spiro atoms. The molecule has 5 heteroatoms. The monoisotopic (exact) mass is 376 g/mol. The van der Waals surface area contributed by atoms with Gasteiger partial charge in [-0.15, -0.1) is 0 Å². The van der Waals surface area contributed by atoms with Crippen LogP contribution < -0.4 is 10.9 Å². The van der Waals surface area contributed by atoms with Gasteiger partial charge in [0.2, 0.25) is 0 Å². The maximum absolute atomic E-state index is 11.9. The Morgan fingerprint density at radius 3 is 2.61 bits per heavy atom. The van der Waals surface area contributed by atoms with E-state index in [0.29, 0.717) is 17.6 Å². The molecule has 0 fully saturated rings. The van der Waals surface area contributed by atoms with E-state index in [1.54, 1.807) is 16.8 Å². The first-order chi connectivity index (χ1) is 8.19. The highest BCUT2D eigenvalue weighted by molar-refractivity contribution is 9.11. The number of hydrogen-bond acceptors (Lipinski definition) is 2. The molecule has 18 heavy (non-hydrogen) atoms. The van der Waals surface area contributed by atoms with E-state index in [0.717, 1.165) is 10.0 Å². The standard InChI is InChI=1S/C13H18Br2N2O/c1-9(6-16-13(2,3)4)7-17-8-10(14)5-11(15)12(17)18/h5,8,16H,1,6-7H2,2-4H3. The molecule has 0 aliphatic heterocycles. The number of nitrogens with zero attached hydrogens (tertiary/aromatic N) is 1. The van der Waals surface area contributed by atoms with Crippen molar-refractivity contribution in [2.45, 2.75) is 32.9 Å². The van der Waals surface area contributed by atoms with Crippen LogP contribution in [0.4, 0.5) is 0 Å². The lowest BCUT2D eigenvalue weighted by molar-refractivity contribution is 0.440. The molecule has 0 saturated heterocycles. The van der Waals surface area contributed by atoms with Crippen molar-refractivity contribution in [2.24, 2.45) is 0 Å². The zero-order valence-electron chi connectivity index (χ0n) is 10.9. The summed E-state index contributed by atoms with van der Waals surface area (Å²) in [4.78, 5) is 11.9. The Labute approximate surface area is 125 Å². The second kappa shape index (κ2) is 6.17. The summed E-state index contributed by atoms with van der Waals surface area (Å²) in [5.74, 6) is 0. The molecule has 0 unspecified atom stereocenters. The van der Waals surface area contributed by atoms with Crippen LogP contribution >= 0.6 is 31.9 Å². The molecule has 1 aromatic heterocycles. The van der Waals surface area contributed by atoms with Crippen molar-refractivity contribution in [3.63, 3.8) is 0 Å². The molecule has 0 aliphatic rings. The van der Waals surface area contributed by atoms with Crippen molar-refractivity contribution in [2.75, 3.05) is 6.54 Å². The van der Waals surface area contributed by atoms with E-state index in [1.807, 2.05) is 0 Å². The van der Waals surface area contributed by atoms with Gasteiger partial charge in [0.05, 0.1) is 4.47 Å². The Balaban J connectivity index is 2.74. The highest BCUT2D eigenvalue weighted by Gasteiger charge is 2.10. The highest BCUT2D eigenvalue weighted by Crippen LogP contribution is 2.13. The second-order valence-electron chi connectivity index (χ2n) is 5.29. The first-order valence-electron chi connectivity index (χ1n) is 5.66. The van der Waals surface area contributed by atoms with Crippen LogP contribution in [0.5, 0.6) is 0 Å². The number of rotatable bonds is 4. The minimum atomic E-state index is -0.0462. The molecule has 0 aliphatic carbocycles. The van der Waals surface area contributed by atoms with E-state index >= 15 is 0 Å². The third kappa shape index (κ3) is 5.08. The zero-order valence-corrected chi connectivity index (χ0v) is 14.1. The summed E-state index contributed by atoms with van der Waals surface area (Å²) in [5, 5.41) is 3.35. The number of hydrogen-bond donors (Lipinski definition) is 1. The average molecular weight is 378 g/mol. The van der Waals surface area contributed by atoms with E-state index in [9.17, 15) is 4.79 Å². The summed E-state index contributed by atoms with van der Waals surface area (Å²) in [6.45, 7) is 11.5. The van der Waals surface area contributed by atoms with Gasteiger partial charge in [0, 0.05) is 29.3 Å². The maximum Gasteiger partial charge on any atom is 0.265 e. The zero-order chi connectivity index (χ0) is 13.9. The van der Waals surface area contributed by atoms with Crippen LogP contribution in [0, 0.1) is 0 Å². The summed E-state index contributed by atoms with van der Waals surface area (Å²) in [6.07, 6.45) is 1.77. The largest absolute Gasteiger partial charge is 0.309 e. The fraction of sp³-hybridized carbons (Fsp3) is 0.462. The molecule has 0 radical (unpaired) electrons. The van der Waals surface area contributed by atoms with Crippen molar-refractivity contribution < 1.29 is 0 Å². The third-order valence-electron chi connectivity index (χ3n) is 2.27. The molecule has 0 aromatic carbocycles. The smallest absolute Gasteiger partial charge is 0.265 e. The topological polar surface area (TPSA) is 34.0 Å². The predicted molar refractivity (Wildman–Crippen MR) is 83.0 cm³/mol. The van der Waals surface area contributed by atoms with Crippen LogP contribution in [0.3, 0.4) is 0 Å². The molecular weight excluding hydrogens is 360 g/mol. The minimum Gasteiger partial charge on any atom is -0.309 e. The Morgan fingerprint density at radius 1 is 1.44 bits per heavy atom. The lowest BCUT2D eigenvalue weighted by Crippen LogP contribution is -2.37. The molecule has 3 nitrogen and oxygen atoms in total. The van der Waals surface area contributed by atoms with Crippen LogP contribution in [-0.2, 0) is 6.54 Å². The molecule has 0 amide bonds. The van der Waals surface area contributed by atoms with Crippen molar-refractivity contribution in [1.29, 1.82) is 0 Å². The van der Waals surface area contributed by atoms with Gasteiger partial charge in [0.1, 0.15) is 0 Å². The van der Waals surface area contributed by atoms with Gasteiger partial charge in [-0.05, 0) is 64.3 Å². The van der Waals surface area contributed by atoms with E-state index < -0.39 is 0 Å². The van der Waals surface area contributed by atoms with Gasteiger partial charge in [-0.2, -0.15) is 0 Å². The molecule has 0 saturated carbocycles. The number of nitrogens with one attached hydrogen (secondary N) is 1. The minimum absolute atomic E-state index is 0.0462. The Kier molecular flexibility index (Phi) is 5.37. The van der Waals surface area contributed by atoms with Crippen LogP contribution in [0.15, 0.2) is 38.2 Å². The predicted octanol–water partition coefficient (Wildman–Crippen LogP) is 3.32. The summed E-state index contributed by atoms with van der Waals surface area (Å²) >= 11 is 6.62. The summed E-state index contributed by atoms with van der Waals surface area (Å²) < 4.78 is 3.06. The highest BCUT2D eigenvalue weighted by atomic mass is 79.9. The first-order valence-corrected chi connectivity index (χ1v) is 7.25. The van der Waals surface area contributed by atoms with E-state index in [2.05, 4.69) is 64.5 Å². The lowest BCUT2D eigenvalue weighted by Gasteiger charge is -2.21. The summed E-state index contributed by atoms with van der Waals surface area (Å²) in [6, 6.07) is 1.75. The van der Waals surface area contributed by atoms with Gasteiger partial charge in [-0.25, -0.2) is 0 Å². The lowest BCUT2D eigenvalue weighted by atomic mass is 10.1. The molecule has 0 bridgehead atoms.